The van der Waals surface area contributed by atoms with E-state index in [0.29, 0.717) is 24.3 Å². The number of halogens is 7. The van der Waals surface area contributed by atoms with Crippen molar-refractivity contribution < 1.29 is 50.3 Å². The smallest absolute Gasteiger partial charge is 0.387 e. The second-order valence-electron chi connectivity index (χ2n) is 8.46. The van der Waals surface area contributed by atoms with Crippen LogP contribution in [0.3, 0.4) is 0 Å². The molecule has 4 atom stereocenters. The largest absolute Gasteiger partial charge is 0.416 e. The van der Waals surface area contributed by atoms with Gasteiger partial charge in [-0.05, 0) is 36.8 Å². The van der Waals surface area contributed by atoms with Crippen LogP contribution >= 0.6 is 11.6 Å². The predicted molar refractivity (Wildman–Crippen MR) is 114 cm³/mol. The van der Waals surface area contributed by atoms with Gasteiger partial charge in [0.1, 0.15) is 23.8 Å². The zero-order valence-electron chi connectivity index (χ0n) is 21.0. The average Bonchev–Trinajstić information content (AvgIpc) is 3.36. The van der Waals surface area contributed by atoms with Crippen molar-refractivity contribution in [1.29, 1.82) is 0 Å². The van der Waals surface area contributed by atoms with Gasteiger partial charge in [0.05, 0.1) is 17.2 Å². The van der Waals surface area contributed by atoms with E-state index in [0.717, 1.165) is 6.92 Å². The van der Waals surface area contributed by atoms with Crippen LogP contribution in [0.4, 0.5) is 37.8 Å². The molecule has 1 saturated heterocycles. The molecule has 1 aliphatic carbocycles. The van der Waals surface area contributed by atoms with E-state index >= 15 is 4.39 Å². The molecule has 2 N–H and O–H groups in total. The van der Waals surface area contributed by atoms with Gasteiger partial charge in [0, 0.05) is 28.2 Å². The molecule has 2 aliphatic rings. The minimum Gasteiger partial charge on any atom is -0.387 e. The van der Waals surface area contributed by atoms with Crippen molar-refractivity contribution in [2.45, 2.75) is 49.6 Å². The number of amides is 2. The number of likely N-dealkylation sites (N-methyl/N-ethyl adjacent to an activating group) is 1. The van der Waals surface area contributed by atoms with Crippen molar-refractivity contribution in [3.8, 4) is 0 Å². The molecule has 2 aromatic rings. The molecule has 36 heavy (non-hydrogen) atoms. The van der Waals surface area contributed by atoms with E-state index in [4.69, 9.17) is 15.7 Å². The summed E-state index contributed by atoms with van der Waals surface area (Å²) in [6.07, 6.45) is -10.3. The number of hydrogen-bond donors (Lipinski definition) is 2. The quantitative estimate of drug-likeness (QED) is 0.580. The standard InChI is InChI=1S/C22H18ClF6N3O4/c1-8-3-9(22(27,28)29)4-15(30-8)32-16(17(33)18(34)20(32)36)19(35)31(2)14-6-12(23)10(5-13(14)24)11-7-21(11,25)26/h3-6,11,16-18,33-34H,7H2,1-2H3/t11?,16-,17-,18-/m0/s1/i2D3. The van der Waals surface area contributed by atoms with Crippen LogP contribution in [0.1, 0.15) is 33.3 Å². The van der Waals surface area contributed by atoms with Gasteiger partial charge < -0.3 is 15.1 Å². The van der Waals surface area contributed by atoms with E-state index in [1.165, 1.54) is 0 Å². The van der Waals surface area contributed by atoms with Crippen LogP contribution < -0.4 is 9.80 Å². The maximum absolute atomic E-state index is 15.1. The van der Waals surface area contributed by atoms with Gasteiger partial charge in [0.2, 0.25) is 0 Å². The molecule has 2 heterocycles. The van der Waals surface area contributed by atoms with Crippen LogP contribution in [0, 0.1) is 12.7 Å². The summed E-state index contributed by atoms with van der Waals surface area (Å²) in [6.45, 7) is -2.43. The Bertz CT molecular complexity index is 1360. The highest BCUT2D eigenvalue weighted by Gasteiger charge is 2.58. The lowest BCUT2D eigenvalue weighted by atomic mass is 10.1. The molecule has 14 heteroatoms. The number of benzene rings is 1. The Labute approximate surface area is 209 Å². The minimum atomic E-state index is -4.94. The van der Waals surface area contributed by atoms with Gasteiger partial charge in [-0.1, -0.05) is 11.6 Å². The molecule has 1 aromatic heterocycles. The fourth-order valence-corrected chi connectivity index (χ4v) is 4.28. The summed E-state index contributed by atoms with van der Waals surface area (Å²) in [5.41, 5.74) is -2.99. The minimum absolute atomic E-state index is 0.192. The lowest BCUT2D eigenvalue weighted by molar-refractivity contribution is -0.137. The predicted octanol–water partition coefficient (Wildman–Crippen LogP) is 3.42. The molecule has 1 aromatic carbocycles. The molecule has 2 amide bonds. The Balaban J connectivity index is 1.82. The third kappa shape index (κ3) is 4.39. The summed E-state index contributed by atoms with van der Waals surface area (Å²) >= 11 is 6.01. The monoisotopic (exact) mass is 540 g/mol. The lowest BCUT2D eigenvalue weighted by Crippen LogP contribution is -2.50. The Kier molecular flexibility index (Phi) is 5.33. The topological polar surface area (TPSA) is 94.0 Å². The van der Waals surface area contributed by atoms with Crippen LogP contribution in [0.25, 0.3) is 0 Å². The van der Waals surface area contributed by atoms with E-state index in [1.807, 2.05) is 0 Å². The number of aliphatic hydroxyl groups is 2. The first-order chi connectivity index (χ1) is 17.8. The molecule has 2 fully saturated rings. The number of aliphatic hydroxyl groups excluding tert-OH is 2. The van der Waals surface area contributed by atoms with Crippen LogP contribution in [0.5, 0.6) is 0 Å². The van der Waals surface area contributed by atoms with E-state index in [1.54, 1.807) is 0 Å². The number of hydrogen-bond acceptors (Lipinski definition) is 5. The fraction of sp³-hybridized carbons (Fsp3) is 0.409. The number of aromatic nitrogens is 1. The molecule has 4 rings (SSSR count). The highest BCUT2D eigenvalue weighted by molar-refractivity contribution is 6.32. The molecule has 1 saturated carbocycles. The third-order valence-electron chi connectivity index (χ3n) is 5.91. The Morgan fingerprint density at radius 2 is 1.92 bits per heavy atom. The first-order valence-corrected chi connectivity index (χ1v) is 10.6. The fourth-order valence-electron chi connectivity index (χ4n) is 3.99. The van der Waals surface area contributed by atoms with E-state index in [2.05, 4.69) is 4.98 Å². The van der Waals surface area contributed by atoms with Gasteiger partial charge in [-0.25, -0.2) is 18.2 Å². The summed E-state index contributed by atoms with van der Waals surface area (Å²) in [5, 5.41) is 20.1. The number of aryl methyl sites for hydroxylation is 1. The number of alkyl halides is 5. The Morgan fingerprint density at radius 1 is 1.28 bits per heavy atom. The van der Waals surface area contributed by atoms with Gasteiger partial charge in [-0.15, -0.1) is 0 Å². The van der Waals surface area contributed by atoms with E-state index < -0.39 is 89.4 Å². The van der Waals surface area contributed by atoms with Crippen molar-refractivity contribution in [1.82, 2.24) is 4.98 Å². The van der Waals surface area contributed by atoms with Crippen LogP contribution in [-0.4, -0.2) is 58.2 Å². The van der Waals surface area contributed by atoms with Crippen molar-refractivity contribution in [3.63, 3.8) is 0 Å². The molecule has 1 unspecified atom stereocenters. The molecule has 7 nitrogen and oxygen atoms in total. The third-order valence-corrected chi connectivity index (χ3v) is 6.24. The molecule has 194 valence electrons. The molecule has 0 spiro atoms. The number of carbonyl (C=O) groups excluding carboxylic acids is 2. The summed E-state index contributed by atoms with van der Waals surface area (Å²) in [4.78, 5) is 30.1. The average molecular weight is 541 g/mol. The zero-order chi connectivity index (χ0) is 29.4. The van der Waals surface area contributed by atoms with Crippen LogP contribution in [0.2, 0.25) is 5.02 Å². The van der Waals surface area contributed by atoms with Gasteiger partial charge >= 0.3 is 6.18 Å². The maximum Gasteiger partial charge on any atom is 0.416 e. The normalized spacial score (nSPS) is 26.9. The van der Waals surface area contributed by atoms with E-state index in [-0.39, 0.29) is 21.1 Å². The first-order valence-electron chi connectivity index (χ1n) is 11.7. The molecular formula is C22H18ClF6N3O4. The lowest BCUT2D eigenvalue weighted by Gasteiger charge is -2.29. The number of rotatable bonds is 4. The number of carbonyl (C=O) groups is 2. The number of nitrogens with zero attached hydrogens (tertiary/aromatic N) is 3. The molecule has 1 aliphatic heterocycles. The van der Waals surface area contributed by atoms with Crippen molar-refractivity contribution in [2.24, 2.45) is 0 Å². The van der Waals surface area contributed by atoms with Crippen molar-refractivity contribution in [3.05, 3.63) is 51.9 Å². The first kappa shape index (κ1) is 22.3. The summed E-state index contributed by atoms with van der Waals surface area (Å²) in [6, 6.07) is -0.298. The molecule has 0 bridgehead atoms. The maximum atomic E-state index is 15.1. The van der Waals surface area contributed by atoms with Gasteiger partial charge in [-0.2, -0.15) is 13.2 Å². The highest BCUT2D eigenvalue weighted by Crippen LogP contribution is 2.57. The second kappa shape index (κ2) is 8.60. The van der Waals surface area contributed by atoms with Gasteiger partial charge in [-0.3, -0.25) is 14.5 Å². The highest BCUT2D eigenvalue weighted by atomic mass is 35.5. The SMILES string of the molecule is [2H]C([2H])([2H])N(C(=O)[C@@H]1[C@H](O)[C@H](O)C(=O)N1c1cc(C(F)(F)F)cc(C)n1)c1cc(Cl)c(C2CC2(F)F)cc1F. The van der Waals surface area contributed by atoms with Crippen LogP contribution in [0.15, 0.2) is 24.3 Å². The Morgan fingerprint density at radius 3 is 2.47 bits per heavy atom. The van der Waals surface area contributed by atoms with Crippen molar-refractivity contribution >= 4 is 34.9 Å². The summed E-state index contributed by atoms with van der Waals surface area (Å²) in [5.74, 6) is -10.2. The summed E-state index contributed by atoms with van der Waals surface area (Å²) in [7, 11) is 0. The van der Waals surface area contributed by atoms with Gasteiger partial charge in [0.15, 0.2) is 6.10 Å². The molecular weight excluding hydrogens is 520 g/mol. The number of pyridine rings is 1. The summed E-state index contributed by atoms with van der Waals surface area (Å²) < 4.78 is 106. The van der Waals surface area contributed by atoms with Crippen molar-refractivity contribution in [2.75, 3.05) is 16.8 Å². The number of anilines is 2. The molecule has 0 radical (unpaired) electrons. The zero-order valence-corrected chi connectivity index (χ0v) is 18.8. The van der Waals surface area contributed by atoms with Crippen LogP contribution in [-0.2, 0) is 15.8 Å². The van der Waals surface area contributed by atoms with E-state index in [9.17, 15) is 41.8 Å². The van der Waals surface area contributed by atoms with Gasteiger partial charge in [0.25, 0.3) is 17.7 Å². The second-order valence-corrected chi connectivity index (χ2v) is 8.87. The Hall–Kier alpha value is -2.90.